The van der Waals surface area contributed by atoms with Crippen LogP contribution in [0.25, 0.3) is 0 Å². The van der Waals surface area contributed by atoms with Crippen LogP contribution in [0.1, 0.15) is 31.2 Å². The van der Waals surface area contributed by atoms with Gasteiger partial charge in [0.15, 0.2) is 6.61 Å². The van der Waals surface area contributed by atoms with Gasteiger partial charge in [-0.3, -0.25) is 9.59 Å². The number of rotatable bonds is 6. The summed E-state index contributed by atoms with van der Waals surface area (Å²) in [7, 11) is -3.79. The number of likely N-dealkylation sites (tertiary alicyclic amines) is 1. The molecular formula is C21H30N4O5S. The summed E-state index contributed by atoms with van der Waals surface area (Å²) in [6.45, 7) is 5.71. The fourth-order valence-corrected chi connectivity index (χ4v) is 6.24. The summed E-state index contributed by atoms with van der Waals surface area (Å²) in [5.41, 5.74) is 1.00. The molecule has 10 heteroatoms. The predicted molar refractivity (Wildman–Crippen MR) is 115 cm³/mol. The van der Waals surface area contributed by atoms with Crippen molar-refractivity contribution in [2.45, 2.75) is 37.5 Å². The Labute approximate surface area is 183 Å². The Kier molecular flexibility index (Phi) is 6.49. The zero-order chi connectivity index (χ0) is 22.0. The lowest BCUT2D eigenvalue weighted by molar-refractivity contribution is -0.126. The summed E-state index contributed by atoms with van der Waals surface area (Å²) in [6, 6.07) is 3.09. The van der Waals surface area contributed by atoms with E-state index in [1.54, 1.807) is 13.0 Å². The molecule has 3 aliphatic heterocycles. The molecule has 0 bridgehead atoms. The fraction of sp³-hybridized carbons (Fsp3) is 0.619. The summed E-state index contributed by atoms with van der Waals surface area (Å²) in [5, 5.41) is 5.68. The van der Waals surface area contributed by atoms with Crippen LogP contribution in [0.3, 0.4) is 0 Å². The van der Waals surface area contributed by atoms with Crippen LogP contribution in [0.2, 0.25) is 0 Å². The smallest absolute Gasteiger partial charge is 0.262 e. The average Bonchev–Trinajstić information content (AvgIpc) is 3.26. The zero-order valence-corrected chi connectivity index (χ0v) is 18.7. The first-order chi connectivity index (χ1) is 14.8. The van der Waals surface area contributed by atoms with E-state index >= 15 is 0 Å². The van der Waals surface area contributed by atoms with Gasteiger partial charge >= 0.3 is 0 Å². The van der Waals surface area contributed by atoms with Crippen LogP contribution < -0.4 is 15.4 Å². The Morgan fingerprint density at radius 1 is 1.23 bits per heavy atom. The molecule has 0 radical (unpaired) electrons. The maximum atomic E-state index is 13.4. The molecule has 0 aliphatic carbocycles. The van der Waals surface area contributed by atoms with Crippen LogP contribution in [-0.4, -0.2) is 75.3 Å². The third-order valence-electron chi connectivity index (χ3n) is 6.21. The van der Waals surface area contributed by atoms with E-state index in [0.717, 1.165) is 19.6 Å². The van der Waals surface area contributed by atoms with Crippen molar-refractivity contribution >= 4 is 27.5 Å². The van der Waals surface area contributed by atoms with Gasteiger partial charge in [-0.05, 0) is 57.3 Å². The molecule has 31 heavy (non-hydrogen) atoms. The van der Waals surface area contributed by atoms with Gasteiger partial charge in [0.1, 0.15) is 5.75 Å². The van der Waals surface area contributed by atoms with Crippen LogP contribution in [0.5, 0.6) is 5.75 Å². The highest BCUT2D eigenvalue weighted by Crippen LogP contribution is 2.35. The minimum absolute atomic E-state index is 0.0766. The Morgan fingerprint density at radius 2 is 2.00 bits per heavy atom. The number of amides is 2. The molecule has 1 atom stereocenters. The third kappa shape index (κ3) is 4.86. The number of sulfonamides is 1. The quantitative estimate of drug-likeness (QED) is 0.668. The number of benzene rings is 1. The van der Waals surface area contributed by atoms with Crippen LogP contribution in [-0.2, 0) is 19.6 Å². The number of carbonyl (C=O) groups is 2. The summed E-state index contributed by atoms with van der Waals surface area (Å²) < 4.78 is 33.5. The van der Waals surface area contributed by atoms with E-state index < -0.39 is 10.0 Å². The maximum Gasteiger partial charge on any atom is 0.262 e. The molecule has 4 rings (SSSR count). The highest BCUT2D eigenvalue weighted by atomic mass is 32.2. The van der Waals surface area contributed by atoms with Crippen molar-refractivity contribution in [2.24, 2.45) is 5.92 Å². The van der Waals surface area contributed by atoms with Gasteiger partial charge in [-0.25, -0.2) is 8.42 Å². The van der Waals surface area contributed by atoms with Crippen molar-refractivity contribution in [3.63, 3.8) is 0 Å². The lowest BCUT2D eigenvalue weighted by Crippen LogP contribution is -2.46. The molecule has 2 saturated heterocycles. The Balaban J connectivity index is 1.42. The number of piperidine rings is 1. The van der Waals surface area contributed by atoms with Gasteiger partial charge in [-0.15, -0.1) is 0 Å². The maximum absolute atomic E-state index is 13.4. The number of nitrogens with one attached hydrogen (secondary N) is 2. The first kappa shape index (κ1) is 22.0. The van der Waals surface area contributed by atoms with Crippen molar-refractivity contribution in [3.05, 3.63) is 17.7 Å². The van der Waals surface area contributed by atoms with E-state index in [9.17, 15) is 18.0 Å². The number of ether oxygens (including phenoxy) is 1. The monoisotopic (exact) mass is 450 g/mol. The van der Waals surface area contributed by atoms with Crippen LogP contribution >= 0.6 is 0 Å². The van der Waals surface area contributed by atoms with E-state index in [0.29, 0.717) is 42.9 Å². The van der Waals surface area contributed by atoms with Gasteiger partial charge in [0, 0.05) is 32.2 Å². The standard InChI is InChI=1S/C21H30N4O5S/c1-15-11-17-18(30-14-20(26)23-17)12-19(15)31(28,29)25-9-4-5-16(13-25)21(27)22-6-10-24-7-2-3-8-24/h11-12,16H,2-10,13-14H2,1H3,(H,22,27)(H,23,26)/t16-/m1/s1. The number of fused-ring (bicyclic) bond motifs is 1. The Morgan fingerprint density at radius 3 is 2.77 bits per heavy atom. The van der Waals surface area contributed by atoms with Gasteiger partial charge in [0.25, 0.3) is 5.91 Å². The van der Waals surface area contributed by atoms with Crippen LogP contribution in [0.15, 0.2) is 17.0 Å². The number of anilines is 1. The van der Waals surface area contributed by atoms with Gasteiger partial charge in [0.2, 0.25) is 15.9 Å². The second kappa shape index (κ2) is 9.13. The topological polar surface area (TPSA) is 108 Å². The van der Waals surface area contributed by atoms with Crippen LogP contribution in [0.4, 0.5) is 5.69 Å². The molecule has 0 spiro atoms. The van der Waals surface area contributed by atoms with E-state index in [1.165, 1.54) is 23.2 Å². The largest absolute Gasteiger partial charge is 0.482 e. The minimum Gasteiger partial charge on any atom is -0.482 e. The van der Waals surface area contributed by atoms with E-state index in [2.05, 4.69) is 15.5 Å². The minimum atomic E-state index is -3.79. The first-order valence-electron chi connectivity index (χ1n) is 10.9. The molecule has 0 unspecified atom stereocenters. The molecular weight excluding hydrogens is 420 g/mol. The molecule has 0 aromatic heterocycles. The Bertz CT molecular complexity index is 959. The van der Waals surface area contributed by atoms with Crippen LogP contribution in [0, 0.1) is 12.8 Å². The molecule has 2 fully saturated rings. The number of aryl methyl sites for hydroxylation is 1. The van der Waals surface area contributed by atoms with Crippen molar-refractivity contribution in [2.75, 3.05) is 51.2 Å². The fourth-order valence-electron chi connectivity index (χ4n) is 4.50. The third-order valence-corrected chi connectivity index (χ3v) is 8.22. The molecule has 3 aliphatic rings. The van der Waals surface area contributed by atoms with Crippen molar-refractivity contribution in [1.82, 2.24) is 14.5 Å². The molecule has 9 nitrogen and oxygen atoms in total. The number of carbonyl (C=O) groups excluding carboxylic acids is 2. The number of hydrogen-bond donors (Lipinski definition) is 2. The second-order valence-corrected chi connectivity index (χ2v) is 10.4. The number of hydrogen-bond acceptors (Lipinski definition) is 6. The zero-order valence-electron chi connectivity index (χ0n) is 17.9. The lowest BCUT2D eigenvalue weighted by Gasteiger charge is -2.32. The molecule has 3 heterocycles. The van der Waals surface area contributed by atoms with E-state index in [1.807, 2.05) is 0 Å². The molecule has 1 aromatic carbocycles. The number of nitrogens with zero attached hydrogens (tertiary/aromatic N) is 2. The summed E-state index contributed by atoms with van der Waals surface area (Å²) >= 11 is 0. The SMILES string of the molecule is Cc1cc2c(cc1S(=O)(=O)N1CCC[C@@H](C(=O)NCCN3CCCC3)C1)OCC(=O)N2. The average molecular weight is 451 g/mol. The highest BCUT2D eigenvalue weighted by Gasteiger charge is 2.35. The predicted octanol–water partition coefficient (Wildman–Crippen LogP) is 0.939. The second-order valence-electron chi connectivity index (χ2n) is 8.49. The summed E-state index contributed by atoms with van der Waals surface area (Å²) in [4.78, 5) is 26.7. The molecule has 2 N–H and O–H groups in total. The highest BCUT2D eigenvalue weighted by molar-refractivity contribution is 7.89. The summed E-state index contributed by atoms with van der Waals surface area (Å²) in [5.74, 6) is -0.350. The van der Waals surface area contributed by atoms with Gasteiger partial charge in [-0.1, -0.05) is 0 Å². The Hall–Kier alpha value is -2.17. The van der Waals surface area contributed by atoms with Gasteiger partial charge < -0.3 is 20.3 Å². The van der Waals surface area contributed by atoms with E-state index in [4.69, 9.17) is 4.74 Å². The van der Waals surface area contributed by atoms with E-state index in [-0.39, 0.29) is 35.8 Å². The molecule has 2 amide bonds. The first-order valence-corrected chi connectivity index (χ1v) is 12.4. The normalized spacial score (nSPS) is 22.5. The van der Waals surface area contributed by atoms with Crippen molar-refractivity contribution < 1.29 is 22.7 Å². The molecule has 170 valence electrons. The van der Waals surface area contributed by atoms with Gasteiger partial charge in [0.05, 0.1) is 16.5 Å². The molecule has 0 saturated carbocycles. The lowest BCUT2D eigenvalue weighted by atomic mass is 9.99. The van der Waals surface area contributed by atoms with Gasteiger partial charge in [-0.2, -0.15) is 4.31 Å². The summed E-state index contributed by atoms with van der Waals surface area (Å²) in [6.07, 6.45) is 3.74. The van der Waals surface area contributed by atoms with Crippen molar-refractivity contribution in [3.8, 4) is 5.75 Å². The van der Waals surface area contributed by atoms with Crippen molar-refractivity contribution in [1.29, 1.82) is 0 Å². The molecule has 1 aromatic rings.